The zero-order valence-electron chi connectivity index (χ0n) is 15.2. The van der Waals surface area contributed by atoms with Crippen LogP contribution in [-0.4, -0.2) is 44.7 Å². The summed E-state index contributed by atoms with van der Waals surface area (Å²) in [6.07, 6.45) is 7.12. The van der Waals surface area contributed by atoms with E-state index in [1.807, 2.05) is 24.4 Å². The molecule has 0 aliphatic carbocycles. The third kappa shape index (κ3) is 4.41. The number of pyridine rings is 1. The van der Waals surface area contributed by atoms with E-state index in [0.717, 1.165) is 38.2 Å². The Morgan fingerprint density at radius 3 is 2.63 bits per heavy atom. The molecule has 0 radical (unpaired) electrons. The van der Waals surface area contributed by atoms with Gasteiger partial charge in [-0.2, -0.15) is 5.10 Å². The van der Waals surface area contributed by atoms with Gasteiger partial charge in [0.05, 0.1) is 5.69 Å². The molecular formula is C21H23N5O. The minimum atomic E-state index is -0.120. The lowest BCUT2D eigenvalue weighted by Gasteiger charge is -2.32. The molecule has 4 rings (SSSR count). The predicted molar refractivity (Wildman–Crippen MR) is 104 cm³/mol. The SMILES string of the molecule is O=C(NC1CCN(Cc2ccccc2)CC1)c1cc(-n2cccn2)ccn1. The average molecular weight is 361 g/mol. The highest BCUT2D eigenvalue weighted by atomic mass is 16.1. The molecule has 1 amide bonds. The Morgan fingerprint density at radius 2 is 1.89 bits per heavy atom. The first kappa shape index (κ1) is 17.4. The van der Waals surface area contributed by atoms with Crippen LogP contribution in [0.15, 0.2) is 67.1 Å². The Bertz CT molecular complexity index is 871. The van der Waals surface area contributed by atoms with Gasteiger partial charge < -0.3 is 5.32 Å². The summed E-state index contributed by atoms with van der Waals surface area (Å²) in [5.74, 6) is -0.120. The average Bonchev–Trinajstić information content (AvgIpc) is 3.25. The van der Waals surface area contributed by atoms with E-state index < -0.39 is 0 Å². The minimum Gasteiger partial charge on any atom is -0.348 e. The van der Waals surface area contributed by atoms with Gasteiger partial charge in [-0.15, -0.1) is 0 Å². The van der Waals surface area contributed by atoms with E-state index in [4.69, 9.17) is 0 Å². The number of benzene rings is 1. The van der Waals surface area contributed by atoms with Crippen LogP contribution >= 0.6 is 0 Å². The van der Waals surface area contributed by atoms with Gasteiger partial charge in [-0.25, -0.2) is 4.68 Å². The van der Waals surface area contributed by atoms with Crippen LogP contribution in [0.25, 0.3) is 5.69 Å². The highest BCUT2D eigenvalue weighted by Crippen LogP contribution is 2.15. The molecule has 3 heterocycles. The van der Waals surface area contributed by atoms with Crippen molar-refractivity contribution in [1.29, 1.82) is 0 Å². The fourth-order valence-corrected chi connectivity index (χ4v) is 3.44. The van der Waals surface area contributed by atoms with E-state index in [9.17, 15) is 4.79 Å². The molecule has 0 bridgehead atoms. The number of hydrogen-bond donors (Lipinski definition) is 1. The van der Waals surface area contributed by atoms with E-state index in [1.54, 1.807) is 23.1 Å². The maximum atomic E-state index is 12.6. The van der Waals surface area contributed by atoms with Crippen LogP contribution in [0.1, 0.15) is 28.9 Å². The molecule has 27 heavy (non-hydrogen) atoms. The molecule has 1 fully saturated rings. The highest BCUT2D eigenvalue weighted by Gasteiger charge is 2.21. The monoisotopic (exact) mass is 361 g/mol. The summed E-state index contributed by atoms with van der Waals surface area (Å²) in [6, 6.07) is 16.2. The van der Waals surface area contributed by atoms with Gasteiger partial charge in [0.1, 0.15) is 5.69 Å². The molecule has 138 valence electrons. The summed E-state index contributed by atoms with van der Waals surface area (Å²) in [5.41, 5.74) is 2.59. The van der Waals surface area contributed by atoms with Crippen molar-refractivity contribution in [2.45, 2.75) is 25.4 Å². The Labute approximate surface area is 158 Å². The van der Waals surface area contributed by atoms with Crippen molar-refractivity contribution >= 4 is 5.91 Å². The number of hydrogen-bond acceptors (Lipinski definition) is 4. The molecule has 1 N–H and O–H groups in total. The van der Waals surface area contributed by atoms with Crippen LogP contribution in [0, 0.1) is 0 Å². The molecule has 0 saturated carbocycles. The maximum Gasteiger partial charge on any atom is 0.270 e. The first-order valence-corrected chi connectivity index (χ1v) is 9.31. The fraction of sp³-hybridized carbons (Fsp3) is 0.286. The maximum absolute atomic E-state index is 12.6. The van der Waals surface area contributed by atoms with Gasteiger partial charge in [0.2, 0.25) is 0 Å². The Hall–Kier alpha value is -2.99. The van der Waals surface area contributed by atoms with Crippen LogP contribution in [-0.2, 0) is 6.54 Å². The van der Waals surface area contributed by atoms with E-state index >= 15 is 0 Å². The summed E-state index contributed by atoms with van der Waals surface area (Å²) >= 11 is 0. The zero-order valence-corrected chi connectivity index (χ0v) is 15.2. The summed E-state index contributed by atoms with van der Waals surface area (Å²) in [6.45, 7) is 2.94. The van der Waals surface area contributed by atoms with Crippen molar-refractivity contribution in [3.63, 3.8) is 0 Å². The van der Waals surface area contributed by atoms with E-state index in [1.165, 1.54) is 5.56 Å². The van der Waals surface area contributed by atoms with Gasteiger partial charge in [-0.05, 0) is 36.6 Å². The van der Waals surface area contributed by atoms with Gasteiger partial charge in [-0.3, -0.25) is 14.7 Å². The normalized spacial score (nSPS) is 15.6. The largest absolute Gasteiger partial charge is 0.348 e. The van der Waals surface area contributed by atoms with Crippen LogP contribution in [0.5, 0.6) is 0 Å². The van der Waals surface area contributed by atoms with Gasteiger partial charge in [-0.1, -0.05) is 30.3 Å². The number of nitrogens with zero attached hydrogens (tertiary/aromatic N) is 4. The van der Waals surface area contributed by atoms with Gasteiger partial charge >= 0.3 is 0 Å². The molecule has 2 aromatic heterocycles. The molecule has 1 aliphatic rings. The van der Waals surface area contributed by atoms with Crippen molar-refractivity contribution < 1.29 is 4.79 Å². The van der Waals surface area contributed by atoms with Crippen molar-refractivity contribution in [3.8, 4) is 5.69 Å². The summed E-state index contributed by atoms with van der Waals surface area (Å²) in [5, 5.41) is 7.33. The van der Waals surface area contributed by atoms with E-state index in [-0.39, 0.29) is 11.9 Å². The van der Waals surface area contributed by atoms with E-state index in [0.29, 0.717) is 5.69 Å². The van der Waals surface area contributed by atoms with Crippen molar-refractivity contribution in [1.82, 2.24) is 25.0 Å². The Morgan fingerprint density at radius 1 is 1.07 bits per heavy atom. The second-order valence-corrected chi connectivity index (χ2v) is 6.86. The number of nitrogens with one attached hydrogen (secondary N) is 1. The minimum absolute atomic E-state index is 0.120. The fourth-order valence-electron chi connectivity index (χ4n) is 3.44. The smallest absolute Gasteiger partial charge is 0.270 e. The number of amides is 1. The molecule has 3 aromatic rings. The Kier molecular flexibility index (Phi) is 5.25. The molecule has 0 unspecified atom stereocenters. The quantitative estimate of drug-likeness (QED) is 0.759. The molecular weight excluding hydrogens is 338 g/mol. The summed E-state index contributed by atoms with van der Waals surface area (Å²) in [4.78, 5) is 19.3. The summed E-state index contributed by atoms with van der Waals surface area (Å²) < 4.78 is 1.72. The second-order valence-electron chi connectivity index (χ2n) is 6.86. The number of aromatic nitrogens is 3. The molecule has 6 nitrogen and oxygen atoms in total. The predicted octanol–water partition coefficient (Wildman–Crippen LogP) is 2.66. The van der Waals surface area contributed by atoms with Gasteiger partial charge in [0, 0.05) is 44.3 Å². The Balaban J connectivity index is 1.31. The number of piperidine rings is 1. The lowest BCUT2D eigenvalue weighted by Crippen LogP contribution is -2.44. The van der Waals surface area contributed by atoms with Crippen molar-refractivity contribution in [3.05, 3.63) is 78.4 Å². The van der Waals surface area contributed by atoms with Crippen molar-refractivity contribution in [2.24, 2.45) is 0 Å². The molecule has 1 aromatic carbocycles. The van der Waals surface area contributed by atoms with Crippen LogP contribution in [0.4, 0.5) is 0 Å². The zero-order chi connectivity index (χ0) is 18.5. The highest BCUT2D eigenvalue weighted by molar-refractivity contribution is 5.92. The number of rotatable bonds is 5. The van der Waals surface area contributed by atoms with Gasteiger partial charge in [0.15, 0.2) is 0 Å². The van der Waals surface area contributed by atoms with Crippen molar-refractivity contribution in [2.75, 3.05) is 13.1 Å². The lowest BCUT2D eigenvalue weighted by atomic mass is 10.0. The summed E-state index contributed by atoms with van der Waals surface area (Å²) in [7, 11) is 0. The number of likely N-dealkylation sites (tertiary alicyclic amines) is 1. The van der Waals surface area contributed by atoms with Crippen LogP contribution in [0.2, 0.25) is 0 Å². The van der Waals surface area contributed by atoms with Crippen LogP contribution in [0.3, 0.4) is 0 Å². The number of carbonyl (C=O) groups is 1. The lowest BCUT2D eigenvalue weighted by molar-refractivity contribution is 0.0904. The first-order chi connectivity index (χ1) is 13.3. The standard InChI is InChI=1S/C21H23N5O/c27-21(20-15-19(7-11-22-20)26-12-4-10-23-26)24-18-8-13-25(14-9-18)16-17-5-2-1-3-6-17/h1-7,10-12,15,18H,8-9,13-14,16H2,(H,24,27). The second kappa shape index (κ2) is 8.14. The topological polar surface area (TPSA) is 63.1 Å². The van der Waals surface area contributed by atoms with E-state index in [2.05, 4.69) is 44.6 Å². The van der Waals surface area contributed by atoms with Gasteiger partial charge in [0.25, 0.3) is 5.91 Å². The third-order valence-electron chi connectivity index (χ3n) is 4.92. The third-order valence-corrected chi connectivity index (χ3v) is 4.92. The molecule has 1 saturated heterocycles. The number of carbonyl (C=O) groups excluding carboxylic acids is 1. The molecule has 6 heteroatoms. The van der Waals surface area contributed by atoms with Crippen LogP contribution < -0.4 is 5.32 Å². The molecule has 0 atom stereocenters. The molecule has 1 aliphatic heterocycles. The molecule has 0 spiro atoms. The first-order valence-electron chi connectivity index (χ1n) is 9.31.